The van der Waals surface area contributed by atoms with Gasteiger partial charge < -0.3 is 9.64 Å². The van der Waals surface area contributed by atoms with E-state index in [2.05, 4.69) is 22.2 Å². The average Bonchev–Trinajstić information content (AvgIpc) is 2.31. The van der Waals surface area contributed by atoms with Gasteiger partial charge in [-0.2, -0.15) is 0 Å². The molecule has 16 heavy (non-hydrogen) atoms. The minimum absolute atomic E-state index is 0.596. The van der Waals surface area contributed by atoms with Crippen molar-refractivity contribution in [3.63, 3.8) is 0 Å². The topological polar surface area (TPSA) is 62.9 Å². The van der Waals surface area contributed by atoms with Crippen LogP contribution in [0.15, 0.2) is 4.99 Å². The molecule has 0 amide bonds. The quantitative estimate of drug-likeness (QED) is 0.320. The van der Waals surface area contributed by atoms with Gasteiger partial charge in [0.1, 0.15) is 0 Å². The van der Waals surface area contributed by atoms with E-state index in [0.717, 1.165) is 45.1 Å². The zero-order valence-corrected chi connectivity index (χ0v) is 10.4. The Kier molecular flexibility index (Phi) is 6.18. The predicted octanol–water partition coefficient (Wildman–Crippen LogP) is 0.574. The maximum atomic E-state index is 5.47. The van der Waals surface area contributed by atoms with Gasteiger partial charge in [0, 0.05) is 26.7 Å². The van der Waals surface area contributed by atoms with Crippen LogP contribution < -0.4 is 11.3 Å². The molecule has 3 N–H and O–H groups in total. The first-order chi connectivity index (χ1) is 7.77. The predicted molar refractivity (Wildman–Crippen MR) is 66.1 cm³/mol. The van der Waals surface area contributed by atoms with Crippen LogP contribution in [0, 0.1) is 5.92 Å². The second-order valence-corrected chi connectivity index (χ2v) is 4.31. The molecule has 0 aromatic heterocycles. The molecule has 0 radical (unpaired) electrons. The number of aliphatic imine (C=N–C) groups is 1. The van der Waals surface area contributed by atoms with E-state index in [1.807, 2.05) is 7.05 Å². The van der Waals surface area contributed by atoms with Crippen LogP contribution in [0.3, 0.4) is 0 Å². The van der Waals surface area contributed by atoms with Gasteiger partial charge in [0.05, 0.1) is 6.61 Å². The molecule has 0 bridgehead atoms. The van der Waals surface area contributed by atoms with Crippen molar-refractivity contribution in [1.82, 2.24) is 10.3 Å². The molecule has 1 atom stereocenters. The maximum absolute atomic E-state index is 5.47. The van der Waals surface area contributed by atoms with E-state index in [9.17, 15) is 0 Å². The van der Waals surface area contributed by atoms with Crippen molar-refractivity contribution in [2.75, 3.05) is 33.4 Å². The number of nitrogens with zero attached hydrogens (tertiary/aromatic N) is 2. The zero-order chi connectivity index (χ0) is 11.8. The Morgan fingerprint density at radius 2 is 2.44 bits per heavy atom. The average molecular weight is 228 g/mol. The van der Waals surface area contributed by atoms with E-state index in [4.69, 9.17) is 10.6 Å². The van der Waals surface area contributed by atoms with Crippen molar-refractivity contribution in [2.45, 2.75) is 26.2 Å². The summed E-state index contributed by atoms with van der Waals surface area (Å²) in [7, 11) is 2.02. The first-order valence-electron chi connectivity index (χ1n) is 6.07. The highest BCUT2D eigenvalue weighted by Crippen LogP contribution is 2.14. The zero-order valence-electron chi connectivity index (χ0n) is 10.4. The fourth-order valence-electron chi connectivity index (χ4n) is 1.92. The molecule has 1 saturated heterocycles. The minimum atomic E-state index is 0.596. The van der Waals surface area contributed by atoms with E-state index in [1.165, 1.54) is 6.42 Å². The summed E-state index contributed by atoms with van der Waals surface area (Å²) in [4.78, 5) is 6.47. The molecule has 0 aromatic rings. The van der Waals surface area contributed by atoms with Crippen molar-refractivity contribution in [1.29, 1.82) is 0 Å². The third-order valence-electron chi connectivity index (χ3n) is 2.76. The SMILES string of the molecule is CCCN=C(NN)N(C)CC1CCCOC1. The summed E-state index contributed by atoms with van der Waals surface area (Å²) < 4.78 is 5.46. The van der Waals surface area contributed by atoms with Gasteiger partial charge in [0.15, 0.2) is 0 Å². The minimum Gasteiger partial charge on any atom is -0.381 e. The highest BCUT2D eigenvalue weighted by Gasteiger charge is 2.17. The molecule has 0 aliphatic carbocycles. The third kappa shape index (κ3) is 4.37. The highest BCUT2D eigenvalue weighted by molar-refractivity contribution is 5.79. The first kappa shape index (κ1) is 13.3. The van der Waals surface area contributed by atoms with E-state index < -0.39 is 0 Å². The smallest absolute Gasteiger partial charge is 0.208 e. The van der Waals surface area contributed by atoms with E-state index in [-0.39, 0.29) is 0 Å². The molecule has 1 fully saturated rings. The summed E-state index contributed by atoms with van der Waals surface area (Å²) in [5.74, 6) is 6.83. The van der Waals surface area contributed by atoms with Gasteiger partial charge in [-0.25, -0.2) is 5.84 Å². The van der Waals surface area contributed by atoms with E-state index in [0.29, 0.717) is 5.92 Å². The largest absolute Gasteiger partial charge is 0.381 e. The van der Waals surface area contributed by atoms with E-state index >= 15 is 0 Å². The Morgan fingerprint density at radius 1 is 1.62 bits per heavy atom. The van der Waals surface area contributed by atoms with Gasteiger partial charge >= 0.3 is 0 Å². The summed E-state index contributed by atoms with van der Waals surface area (Å²) in [6.07, 6.45) is 3.43. The summed E-state index contributed by atoms with van der Waals surface area (Å²) in [5.41, 5.74) is 2.66. The van der Waals surface area contributed by atoms with Crippen LogP contribution in [-0.4, -0.2) is 44.2 Å². The molecular formula is C11H24N4O. The number of rotatable bonds is 4. The van der Waals surface area contributed by atoms with Gasteiger partial charge in [0.2, 0.25) is 5.96 Å². The Hall–Kier alpha value is -0.810. The molecule has 1 aliphatic rings. The van der Waals surface area contributed by atoms with Gasteiger partial charge in [-0.15, -0.1) is 0 Å². The van der Waals surface area contributed by atoms with Crippen molar-refractivity contribution < 1.29 is 4.74 Å². The Morgan fingerprint density at radius 3 is 3.00 bits per heavy atom. The molecule has 0 saturated carbocycles. The molecule has 1 unspecified atom stereocenters. The number of hydrogen-bond acceptors (Lipinski definition) is 3. The monoisotopic (exact) mass is 228 g/mol. The van der Waals surface area contributed by atoms with Gasteiger partial charge in [-0.3, -0.25) is 10.4 Å². The Labute approximate surface area is 98.0 Å². The van der Waals surface area contributed by atoms with Crippen molar-refractivity contribution in [3.8, 4) is 0 Å². The summed E-state index contributed by atoms with van der Waals surface area (Å²) in [5, 5.41) is 0. The summed E-state index contributed by atoms with van der Waals surface area (Å²) in [6.45, 7) is 5.63. The lowest BCUT2D eigenvalue weighted by Crippen LogP contribution is -2.45. The number of hydrogen-bond donors (Lipinski definition) is 2. The lowest BCUT2D eigenvalue weighted by molar-refractivity contribution is 0.0482. The second-order valence-electron chi connectivity index (χ2n) is 4.31. The van der Waals surface area contributed by atoms with Gasteiger partial charge in [0.25, 0.3) is 0 Å². The van der Waals surface area contributed by atoms with E-state index in [1.54, 1.807) is 0 Å². The second kappa shape index (κ2) is 7.46. The molecular weight excluding hydrogens is 204 g/mol. The summed E-state index contributed by atoms with van der Waals surface area (Å²) in [6, 6.07) is 0. The lowest BCUT2D eigenvalue weighted by Gasteiger charge is -2.28. The van der Waals surface area contributed by atoms with Crippen LogP contribution >= 0.6 is 0 Å². The maximum Gasteiger partial charge on any atom is 0.208 e. The Balaban J connectivity index is 2.38. The van der Waals surface area contributed by atoms with Crippen molar-refractivity contribution in [3.05, 3.63) is 0 Å². The highest BCUT2D eigenvalue weighted by atomic mass is 16.5. The number of ether oxygens (including phenoxy) is 1. The van der Waals surface area contributed by atoms with Crippen LogP contribution in [0.5, 0.6) is 0 Å². The number of hydrazine groups is 1. The van der Waals surface area contributed by atoms with Crippen LogP contribution in [-0.2, 0) is 4.74 Å². The number of guanidine groups is 1. The fourth-order valence-corrected chi connectivity index (χ4v) is 1.92. The molecule has 1 heterocycles. The standard InChI is InChI=1S/C11H24N4O/c1-3-6-13-11(14-12)15(2)8-10-5-4-7-16-9-10/h10H,3-9,12H2,1-2H3,(H,13,14). The van der Waals surface area contributed by atoms with Crippen LogP contribution in [0.25, 0.3) is 0 Å². The first-order valence-corrected chi connectivity index (χ1v) is 6.07. The number of nitrogens with one attached hydrogen (secondary N) is 1. The van der Waals surface area contributed by atoms with Crippen molar-refractivity contribution in [2.24, 2.45) is 16.8 Å². The Bertz CT molecular complexity index is 214. The molecule has 5 nitrogen and oxygen atoms in total. The van der Waals surface area contributed by atoms with Crippen LogP contribution in [0.4, 0.5) is 0 Å². The summed E-state index contributed by atoms with van der Waals surface area (Å²) >= 11 is 0. The normalized spacial score (nSPS) is 21.9. The fraction of sp³-hybridized carbons (Fsp3) is 0.909. The molecule has 0 spiro atoms. The number of nitrogens with two attached hydrogens (primary N) is 1. The van der Waals surface area contributed by atoms with Gasteiger partial charge in [-0.05, 0) is 25.2 Å². The van der Waals surface area contributed by atoms with Crippen LogP contribution in [0.2, 0.25) is 0 Å². The van der Waals surface area contributed by atoms with Crippen LogP contribution in [0.1, 0.15) is 26.2 Å². The molecule has 5 heteroatoms. The van der Waals surface area contributed by atoms with Gasteiger partial charge in [-0.1, -0.05) is 6.92 Å². The third-order valence-corrected chi connectivity index (χ3v) is 2.76. The molecule has 94 valence electrons. The van der Waals surface area contributed by atoms with Crippen molar-refractivity contribution >= 4 is 5.96 Å². The molecule has 1 rings (SSSR count). The lowest BCUT2D eigenvalue weighted by atomic mass is 10.0. The molecule has 0 aromatic carbocycles. The molecule has 1 aliphatic heterocycles.